The molecular weight excluding hydrogens is 382 g/mol. The zero-order valence-electron chi connectivity index (χ0n) is 13.6. The summed E-state index contributed by atoms with van der Waals surface area (Å²) in [7, 11) is 0. The van der Waals surface area contributed by atoms with Crippen molar-refractivity contribution in [1.82, 2.24) is 0 Å². The molecule has 3 aromatic rings. The average molecular weight is 400 g/mol. The van der Waals surface area contributed by atoms with E-state index < -0.39 is 0 Å². The highest BCUT2D eigenvalue weighted by atomic mass is 35.5. The van der Waals surface area contributed by atoms with E-state index in [9.17, 15) is 0 Å². The van der Waals surface area contributed by atoms with E-state index in [-0.39, 0.29) is 0 Å². The molecule has 4 heteroatoms. The van der Waals surface area contributed by atoms with Gasteiger partial charge in [0.1, 0.15) is 0 Å². The molecule has 0 unspecified atom stereocenters. The zero-order chi connectivity index (χ0) is 17.4. The molecule has 0 bridgehead atoms. The molecule has 0 saturated heterocycles. The molecule has 0 aliphatic rings. The number of aryl methyl sites for hydroxylation is 2. The molecule has 0 aromatic heterocycles. The molecule has 0 amide bonds. The molecule has 3 aromatic carbocycles. The minimum absolute atomic E-state index is 0.453. The molecule has 0 N–H and O–H groups in total. The molecule has 0 fully saturated rings. The van der Waals surface area contributed by atoms with Crippen LogP contribution in [0.25, 0.3) is 21.5 Å². The summed E-state index contributed by atoms with van der Waals surface area (Å²) >= 11 is 24.5. The standard InChI is InChI=1S/C20H18Cl4/c1-11-12(2)18-4-14(8-22)16(10-24)6-20(18)19-5-15(9-23)13(7-21)3-17(11)19/h3-6H,7-10H2,1-2H3. The summed E-state index contributed by atoms with van der Waals surface area (Å²) in [6.45, 7) is 4.32. The third-order valence-corrected chi connectivity index (χ3v) is 6.07. The number of benzene rings is 3. The Kier molecular flexibility index (Phi) is 5.52. The SMILES string of the molecule is Cc1c(C)c2cc(CCl)c(CCl)cc2c2cc(CCl)c(CCl)cc12. The Labute approximate surface area is 162 Å². The van der Waals surface area contributed by atoms with Crippen molar-refractivity contribution in [2.45, 2.75) is 37.4 Å². The van der Waals surface area contributed by atoms with Gasteiger partial charge >= 0.3 is 0 Å². The van der Waals surface area contributed by atoms with Gasteiger partial charge in [-0.3, -0.25) is 0 Å². The number of halogens is 4. The highest BCUT2D eigenvalue weighted by molar-refractivity contribution is 6.21. The van der Waals surface area contributed by atoms with E-state index in [4.69, 9.17) is 46.4 Å². The van der Waals surface area contributed by atoms with Crippen LogP contribution in [0.15, 0.2) is 24.3 Å². The van der Waals surface area contributed by atoms with E-state index in [2.05, 4.69) is 38.1 Å². The minimum atomic E-state index is 0.453. The van der Waals surface area contributed by atoms with Gasteiger partial charge in [-0.2, -0.15) is 0 Å². The first kappa shape index (κ1) is 18.1. The van der Waals surface area contributed by atoms with Crippen molar-refractivity contribution in [3.8, 4) is 0 Å². The normalized spacial score (nSPS) is 11.6. The molecule has 0 nitrogen and oxygen atoms in total. The Hall–Kier alpha value is -0.660. The minimum Gasteiger partial charge on any atom is -0.122 e. The summed E-state index contributed by atoms with van der Waals surface area (Å²) in [5, 5.41) is 4.85. The maximum Gasteiger partial charge on any atom is 0.0477 e. The van der Waals surface area contributed by atoms with Crippen molar-refractivity contribution in [2.24, 2.45) is 0 Å². The Bertz CT molecular complexity index is 852. The molecule has 0 spiro atoms. The molecule has 0 saturated carbocycles. The van der Waals surface area contributed by atoms with Gasteiger partial charge in [0.25, 0.3) is 0 Å². The van der Waals surface area contributed by atoms with Gasteiger partial charge in [-0.15, -0.1) is 46.4 Å². The summed E-state index contributed by atoms with van der Waals surface area (Å²) < 4.78 is 0. The lowest BCUT2D eigenvalue weighted by Crippen LogP contribution is -1.96. The fraction of sp³-hybridized carbons (Fsp3) is 0.300. The van der Waals surface area contributed by atoms with Gasteiger partial charge in [0, 0.05) is 23.5 Å². The van der Waals surface area contributed by atoms with Gasteiger partial charge < -0.3 is 0 Å². The van der Waals surface area contributed by atoms with Crippen molar-refractivity contribution in [3.05, 3.63) is 57.6 Å². The Morgan fingerprint density at radius 3 is 1.00 bits per heavy atom. The summed E-state index contributed by atoms with van der Waals surface area (Å²) in [5.74, 6) is 1.84. The van der Waals surface area contributed by atoms with Crippen molar-refractivity contribution >= 4 is 67.9 Å². The van der Waals surface area contributed by atoms with E-state index in [1.807, 2.05) is 0 Å². The fourth-order valence-electron chi connectivity index (χ4n) is 3.35. The average Bonchev–Trinajstić information content (AvgIpc) is 2.63. The smallest absolute Gasteiger partial charge is 0.0477 e. The van der Waals surface area contributed by atoms with E-state index in [0.717, 1.165) is 22.3 Å². The quantitative estimate of drug-likeness (QED) is 0.313. The van der Waals surface area contributed by atoms with Crippen LogP contribution in [0.4, 0.5) is 0 Å². The molecule has 0 atom stereocenters. The lowest BCUT2D eigenvalue weighted by atomic mass is 9.89. The first-order chi connectivity index (χ1) is 11.5. The second kappa shape index (κ2) is 7.30. The fourth-order valence-corrected chi connectivity index (χ4v) is 4.34. The summed E-state index contributed by atoms with van der Waals surface area (Å²) in [5.41, 5.74) is 6.88. The Balaban J connectivity index is 2.52. The highest BCUT2D eigenvalue weighted by Crippen LogP contribution is 2.36. The van der Waals surface area contributed by atoms with Crippen molar-refractivity contribution < 1.29 is 0 Å². The first-order valence-electron chi connectivity index (χ1n) is 7.79. The first-order valence-corrected chi connectivity index (χ1v) is 9.93. The van der Waals surface area contributed by atoms with Crippen LogP contribution in [0, 0.1) is 13.8 Å². The predicted molar refractivity (Wildman–Crippen MR) is 109 cm³/mol. The van der Waals surface area contributed by atoms with Crippen LogP contribution in [0.1, 0.15) is 33.4 Å². The maximum atomic E-state index is 6.14. The largest absolute Gasteiger partial charge is 0.122 e. The van der Waals surface area contributed by atoms with Gasteiger partial charge in [0.2, 0.25) is 0 Å². The Morgan fingerprint density at radius 1 is 0.500 bits per heavy atom. The van der Waals surface area contributed by atoms with Gasteiger partial charge in [-0.1, -0.05) is 0 Å². The molecule has 3 rings (SSSR count). The summed E-state index contributed by atoms with van der Waals surface area (Å²) in [4.78, 5) is 0. The zero-order valence-corrected chi connectivity index (χ0v) is 16.7. The number of fused-ring (bicyclic) bond motifs is 3. The summed E-state index contributed by atoms with van der Waals surface area (Å²) in [6.07, 6.45) is 0. The maximum absolute atomic E-state index is 6.14. The predicted octanol–water partition coefficient (Wildman–Crippen LogP) is 7.57. The molecular formula is C20H18Cl4. The van der Waals surface area contributed by atoms with E-state index in [1.165, 1.54) is 32.7 Å². The molecule has 0 heterocycles. The molecule has 0 aliphatic heterocycles. The topological polar surface area (TPSA) is 0 Å². The van der Waals surface area contributed by atoms with E-state index in [0.29, 0.717) is 23.5 Å². The third kappa shape index (κ3) is 2.88. The van der Waals surface area contributed by atoms with Gasteiger partial charge in [-0.05, 0) is 93.0 Å². The molecule has 0 aliphatic carbocycles. The van der Waals surface area contributed by atoms with Gasteiger partial charge in [-0.25, -0.2) is 0 Å². The van der Waals surface area contributed by atoms with Crippen molar-refractivity contribution in [1.29, 1.82) is 0 Å². The van der Waals surface area contributed by atoms with Crippen LogP contribution in [-0.4, -0.2) is 0 Å². The van der Waals surface area contributed by atoms with Crippen molar-refractivity contribution in [3.63, 3.8) is 0 Å². The molecule has 126 valence electrons. The number of rotatable bonds is 4. The monoisotopic (exact) mass is 398 g/mol. The second-order valence-corrected chi connectivity index (χ2v) is 7.19. The lowest BCUT2D eigenvalue weighted by molar-refractivity contribution is 1.27. The van der Waals surface area contributed by atoms with Crippen LogP contribution in [0.5, 0.6) is 0 Å². The van der Waals surface area contributed by atoms with Crippen LogP contribution in [0.3, 0.4) is 0 Å². The number of hydrogen-bond donors (Lipinski definition) is 0. The van der Waals surface area contributed by atoms with Crippen LogP contribution >= 0.6 is 46.4 Å². The van der Waals surface area contributed by atoms with Gasteiger partial charge in [0.15, 0.2) is 0 Å². The van der Waals surface area contributed by atoms with Crippen LogP contribution in [-0.2, 0) is 23.5 Å². The third-order valence-electron chi connectivity index (χ3n) is 4.92. The number of alkyl halides is 4. The van der Waals surface area contributed by atoms with Crippen molar-refractivity contribution in [2.75, 3.05) is 0 Å². The Morgan fingerprint density at radius 2 is 0.750 bits per heavy atom. The van der Waals surface area contributed by atoms with E-state index in [1.54, 1.807) is 0 Å². The highest BCUT2D eigenvalue weighted by Gasteiger charge is 2.14. The lowest BCUT2D eigenvalue weighted by Gasteiger charge is -2.17. The molecule has 0 radical (unpaired) electrons. The second-order valence-electron chi connectivity index (χ2n) is 6.12. The molecule has 24 heavy (non-hydrogen) atoms. The van der Waals surface area contributed by atoms with Crippen LogP contribution in [0.2, 0.25) is 0 Å². The summed E-state index contributed by atoms with van der Waals surface area (Å²) in [6, 6.07) is 8.70. The number of hydrogen-bond acceptors (Lipinski definition) is 0. The van der Waals surface area contributed by atoms with Crippen LogP contribution < -0.4 is 0 Å². The van der Waals surface area contributed by atoms with Gasteiger partial charge in [0.05, 0.1) is 0 Å². The van der Waals surface area contributed by atoms with E-state index >= 15 is 0 Å².